The van der Waals surface area contributed by atoms with Gasteiger partial charge in [-0.05, 0) is 58.5 Å². The summed E-state index contributed by atoms with van der Waals surface area (Å²) in [4.78, 5) is 2.81. The Morgan fingerprint density at radius 1 is 1.04 bits per heavy atom. The summed E-state index contributed by atoms with van der Waals surface area (Å²) in [6.07, 6.45) is 4.35. The molecule has 0 atom stereocenters. The fourth-order valence-corrected chi connectivity index (χ4v) is 5.57. The molecule has 0 amide bonds. The maximum Gasteiger partial charge on any atom is 0.248 e. The molecule has 1 aromatic heterocycles. The van der Waals surface area contributed by atoms with Crippen LogP contribution in [0.2, 0.25) is 0 Å². The van der Waals surface area contributed by atoms with Crippen LogP contribution in [0, 0.1) is 19.8 Å². The Balaban J connectivity index is 1.65. The fourth-order valence-electron chi connectivity index (χ4n) is 3.81. The van der Waals surface area contributed by atoms with Crippen molar-refractivity contribution >= 4 is 10.0 Å². The van der Waals surface area contributed by atoms with Crippen molar-refractivity contribution in [3.63, 3.8) is 0 Å². The van der Waals surface area contributed by atoms with E-state index in [0.717, 1.165) is 31.8 Å². The second-order valence-electron chi connectivity index (χ2n) is 7.01. The van der Waals surface area contributed by atoms with Crippen molar-refractivity contribution in [3.8, 4) is 0 Å². The van der Waals surface area contributed by atoms with Gasteiger partial charge in [-0.2, -0.15) is 4.31 Å². The molecule has 0 N–H and O–H groups in total. The first-order valence-corrected chi connectivity index (χ1v) is 10.0. The van der Waals surface area contributed by atoms with Crippen LogP contribution in [0.5, 0.6) is 0 Å². The van der Waals surface area contributed by atoms with E-state index in [4.69, 9.17) is 4.52 Å². The number of sulfonamides is 1. The third-order valence-electron chi connectivity index (χ3n) is 5.32. The van der Waals surface area contributed by atoms with Gasteiger partial charge in [0.05, 0.1) is 0 Å². The summed E-state index contributed by atoms with van der Waals surface area (Å²) >= 11 is 0. The molecule has 1 aromatic rings. The summed E-state index contributed by atoms with van der Waals surface area (Å²) in [6, 6.07) is 0.526. The van der Waals surface area contributed by atoms with Gasteiger partial charge in [-0.1, -0.05) is 12.1 Å². The van der Waals surface area contributed by atoms with Crippen molar-refractivity contribution in [1.29, 1.82) is 0 Å². The van der Waals surface area contributed by atoms with Crippen molar-refractivity contribution in [2.75, 3.05) is 26.2 Å². The van der Waals surface area contributed by atoms with Crippen LogP contribution in [0.15, 0.2) is 9.42 Å². The van der Waals surface area contributed by atoms with Crippen LogP contribution in [-0.2, 0) is 10.0 Å². The lowest BCUT2D eigenvalue weighted by Gasteiger charge is -2.40. The molecule has 6 nitrogen and oxygen atoms in total. The molecule has 0 spiro atoms. The van der Waals surface area contributed by atoms with Crippen molar-refractivity contribution in [3.05, 3.63) is 11.5 Å². The number of rotatable bonds is 3. The Labute approximate surface area is 138 Å². The van der Waals surface area contributed by atoms with Crippen molar-refractivity contribution in [1.82, 2.24) is 14.4 Å². The molecule has 130 valence electrons. The summed E-state index contributed by atoms with van der Waals surface area (Å²) in [6.45, 7) is 9.15. The minimum absolute atomic E-state index is 0.253. The smallest absolute Gasteiger partial charge is 0.248 e. The number of nitrogens with zero attached hydrogens (tertiary/aromatic N) is 3. The Hall–Kier alpha value is -0.920. The van der Waals surface area contributed by atoms with Gasteiger partial charge < -0.3 is 9.42 Å². The molecule has 0 unspecified atom stereocenters. The molecule has 0 aromatic carbocycles. The normalized spacial score (nSPS) is 23.4. The van der Waals surface area contributed by atoms with Crippen LogP contribution in [0.3, 0.4) is 0 Å². The van der Waals surface area contributed by atoms with Gasteiger partial charge in [0, 0.05) is 19.1 Å². The van der Waals surface area contributed by atoms with E-state index in [-0.39, 0.29) is 4.90 Å². The molecular formula is C16H27N3O3S. The van der Waals surface area contributed by atoms with Gasteiger partial charge in [-0.3, -0.25) is 0 Å². The molecule has 23 heavy (non-hydrogen) atoms. The van der Waals surface area contributed by atoms with Gasteiger partial charge in [-0.25, -0.2) is 8.42 Å². The van der Waals surface area contributed by atoms with Gasteiger partial charge in [0.15, 0.2) is 5.76 Å². The molecule has 0 radical (unpaired) electrons. The first-order valence-electron chi connectivity index (χ1n) is 8.56. The van der Waals surface area contributed by atoms with Crippen molar-refractivity contribution < 1.29 is 12.9 Å². The summed E-state index contributed by atoms with van der Waals surface area (Å²) in [5.74, 6) is 1.21. The fraction of sp³-hybridized carbons (Fsp3) is 0.812. The van der Waals surface area contributed by atoms with E-state index in [2.05, 4.69) is 17.0 Å². The van der Waals surface area contributed by atoms with E-state index >= 15 is 0 Å². The Bertz CT molecular complexity index is 620. The van der Waals surface area contributed by atoms with Crippen LogP contribution in [-0.4, -0.2) is 55.0 Å². The number of likely N-dealkylation sites (tertiary alicyclic amines) is 1. The Morgan fingerprint density at radius 3 is 2.17 bits per heavy atom. The summed E-state index contributed by atoms with van der Waals surface area (Å²) < 4.78 is 32.3. The third-order valence-corrected chi connectivity index (χ3v) is 7.47. The summed E-state index contributed by atoms with van der Waals surface area (Å²) in [5, 5.41) is 3.78. The van der Waals surface area contributed by atoms with Gasteiger partial charge in [0.1, 0.15) is 10.6 Å². The second kappa shape index (κ2) is 6.53. The predicted molar refractivity (Wildman–Crippen MR) is 87.7 cm³/mol. The lowest BCUT2D eigenvalue weighted by Crippen LogP contribution is -2.48. The predicted octanol–water partition coefficient (Wildman–Crippen LogP) is 2.18. The van der Waals surface area contributed by atoms with Crippen molar-refractivity contribution in [2.24, 2.45) is 5.92 Å². The second-order valence-corrected chi connectivity index (χ2v) is 8.88. The van der Waals surface area contributed by atoms with E-state index < -0.39 is 10.0 Å². The first-order chi connectivity index (χ1) is 10.9. The molecule has 0 saturated carbocycles. The van der Waals surface area contributed by atoms with E-state index in [1.807, 2.05) is 0 Å². The highest BCUT2D eigenvalue weighted by Crippen LogP contribution is 2.28. The number of hydrogen-bond donors (Lipinski definition) is 0. The lowest BCUT2D eigenvalue weighted by atomic mass is 9.95. The van der Waals surface area contributed by atoms with E-state index in [9.17, 15) is 8.42 Å². The Morgan fingerprint density at radius 2 is 1.65 bits per heavy atom. The molecule has 2 aliphatic rings. The minimum atomic E-state index is -3.48. The first kappa shape index (κ1) is 16.9. The zero-order valence-corrected chi connectivity index (χ0v) is 15.1. The number of aromatic nitrogens is 1. The molecule has 2 fully saturated rings. The highest BCUT2D eigenvalue weighted by molar-refractivity contribution is 7.89. The number of piperidine rings is 2. The van der Waals surface area contributed by atoms with Gasteiger partial charge in [0.25, 0.3) is 0 Å². The molecule has 0 bridgehead atoms. The maximum absolute atomic E-state index is 12.8. The highest BCUT2D eigenvalue weighted by Gasteiger charge is 2.35. The van der Waals surface area contributed by atoms with Gasteiger partial charge in [-0.15, -0.1) is 0 Å². The zero-order chi connectivity index (χ0) is 16.6. The molecule has 0 aliphatic carbocycles. The molecule has 2 aliphatic heterocycles. The lowest BCUT2D eigenvalue weighted by molar-refractivity contribution is 0.101. The molecule has 7 heteroatoms. The number of hydrogen-bond acceptors (Lipinski definition) is 5. The van der Waals surface area contributed by atoms with E-state index in [0.29, 0.717) is 30.6 Å². The maximum atomic E-state index is 12.8. The van der Waals surface area contributed by atoms with E-state index in [1.54, 1.807) is 18.2 Å². The minimum Gasteiger partial charge on any atom is -0.360 e. The van der Waals surface area contributed by atoms with Crippen LogP contribution < -0.4 is 0 Å². The SMILES string of the molecule is Cc1noc(C)c1S(=O)(=O)N1CCC(N2CCC(C)CC2)CC1. The standard InChI is InChI=1S/C16H27N3O3S/c1-12-4-8-18(9-5-12)15-6-10-19(11-7-15)23(20,21)16-13(2)17-22-14(16)3/h12,15H,4-11H2,1-3H3. The summed E-state index contributed by atoms with van der Waals surface area (Å²) in [5.41, 5.74) is 0.453. The summed E-state index contributed by atoms with van der Waals surface area (Å²) in [7, 11) is -3.48. The molecule has 3 rings (SSSR count). The average Bonchev–Trinajstić information content (AvgIpc) is 2.88. The van der Waals surface area contributed by atoms with Crippen LogP contribution in [0.1, 0.15) is 44.1 Å². The average molecular weight is 341 g/mol. The van der Waals surface area contributed by atoms with Crippen LogP contribution >= 0.6 is 0 Å². The topological polar surface area (TPSA) is 66.7 Å². The van der Waals surface area contributed by atoms with Gasteiger partial charge in [0.2, 0.25) is 10.0 Å². The highest BCUT2D eigenvalue weighted by atomic mass is 32.2. The quantitative estimate of drug-likeness (QED) is 0.843. The zero-order valence-electron chi connectivity index (χ0n) is 14.3. The van der Waals surface area contributed by atoms with Gasteiger partial charge >= 0.3 is 0 Å². The molecule has 2 saturated heterocycles. The Kier molecular flexibility index (Phi) is 4.80. The largest absolute Gasteiger partial charge is 0.360 e. The van der Waals surface area contributed by atoms with Crippen molar-refractivity contribution in [2.45, 2.75) is 57.4 Å². The van der Waals surface area contributed by atoms with Crippen LogP contribution in [0.25, 0.3) is 0 Å². The van der Waals surface area contributed by atoms with E-state index in [1.165, 1.54) is 12.8 Å². The monoisotopic (exact) mass is 341 g/mol. The third kappa shape index (κ3) is 3.32. The molecular weight excluding hydrogens is 314 g/mol. The number of aryl methyl sites for hydroxylation is 2. The molecule has 3 heterocycles. The van der Waals surface area contributed by atoms with Crippen LogP contribution in [0.4, 0.5) is 0 Å².